The molecule has 1 aliphatic heterocycles. The molecule has 0 spiro atoms. The van der Waals surface area contributed by atoms with Crippen LogP contribution < -0.4 is 5.73 Å². The van der Waals surface area contributed by atoms with Crippen molar-refractivity contribution >= 4 is 11.8 Å². The summed E-state index contributed by atoms with van der Waals surface area (Å²) < 4.78 is 0. The number of amides is 2. The van der Waals surface area contributed by atoms with Gasteiger partial charge in [0.25, 0.3) is 0 Å². The number of carbonyl (C=O) groups excluding carboxylic acids is 2. The van der Waals surface area contributed by atoms with Gasteiger partial charge in [-0.1, -0.05) is 12.8 Å². The number of piperazine rings is 1. The molecule has 1 saturated carbocycles. The molecule has 0 aromatic heterocycles. The van der Waals surface area contributed by atoms with Crippen LogP contribution in [0.4, 0.5) is 0 Å². The smallest absolute Gasteiger partial charge is 0.242 e. The topological polar surface area (TPSA) is 69.9 Å². The maximum absolute atomic E-state index is 12.5. The van der Waals surface area contributed by atoms with Crippen molar-refractivity contribution in [2.75, 3.05) is 46.8 Å². The van der Waals surface area contributed by atoms with E-state index in [1.807, 2.05) is 4.90 Å². The lowest BCUT2D eigenvalue weighted by Gasteiger charge is -2.38. The predicted octanol–water partition coefficient (Wildman–Crippen LogP) is -0.510. The van der Waals surface area contributed by atoms with Crippen LogP contribution in [0.25, 0.3) is 0 Å². The van der Waals surface area contributed by atoms with E-state index in [1.165, 1.54) is 0 Å². The summed E-state index contributed by atoms with van der Waals surface area (Å²) >= 11 is 0. The molecule has 2 aliphatic rings. The molecule has 6 nitrogen and oxygen atoms in total. The van der Waals surface area contributed by atoms with Gasteiger partial charge in [-0.05, 0) is 12.8 Å². The van der Waals surface area contributed by atoms with Crippen LogP contribution in [0.1, 0.15) is 25.7 Å². The van der Waals surface area contributed by atoms with Gasteiger partial charge < -0.3 is 15.5 Å². The largest absolute Gasteiger partial charge is 0.348 e. The van der Waals surface area contributed by atoms with Crippen LogP contribution >= 0.6 is 0 Å². The maximum Gasteiger partial charge on any atom is 0.242 e. The quantitative estimate of drug-likeness (QED) is 0.757. The molecule has 2 rings (SSSR count). The monoisotopic (exact) mass is 282 g/mol. The van der Waals surface area contributed by atoms with Crippen molar-refractivity contribution < 1.29 is 9.59 Å². The molecular formula is C14H26N4O2. The number of hydrogen-bond acceptors (Lipinski definition) is 4. The van der Waals surface area contributed by atoms with E-state index in [1.54, 1.807) is 19.0 Å². The first kappa shape index (κ1) is 15.3. The summed E-state index contributed by atoms with van der Waals surface area (Å²) in [6.07, 6.45) is 3.73. The molecule has 2 N–H and O–H groups in total. The van der Waals surface area contributed by atoms with Gasteiger partial charge in [-0.25, -0.2) is 0 Å². The highest BCUT2D eigenvalue weighted by molar-refractivity contribution is 5.86. The van der Waals surface area contributed by atoms with Crippen LogP contribution in [0.5, 0.6) is 0 Å². The lowest BCUT2D eigenvalue weighted by atomic mass is 9.97. The van der Waals surface area contributed by atoms with Gasteiger partial charge in [-0.2, -0.15) is 0 Å². The Morgan fingerprint density at radius 3 is 2.15 bits per heavy atom. The Balaban J connectivity index is 1.82. The van der Waals surface area contributed by atoms with E-state index in [0.29, 0.717) is 19.6 Å². The highest BCUT2D eigenvalue weighted by atomic mass is 16.2. The second kappa shape index (κ2) is 6.10. The second-order valence-corrected chi connectivity index (χ2v) is 6.22. The van der Waals surface area contributed by atoms with Crippen molar-refractivity contribution in [2.24, 2.45) is 5.73 Å². The molecule has 0 atom stereocenters. The number of carbonyl (C=O) groups is 2. The molecule has 0 bridgehead atoms. The highest BCUT2D eigenvalue weighted by Crippen LogP contribution is 2.29. The molecule has 0 unspecified atom stereocenters. The Morgan fingerprint density at radius 1 is 1.10 bits per heavy atom. The first-order chi connectivity index (χ1) is 9.42. The van der Waals surface area contributed by atoms with Gasteiger partial charge in [0.1, 0.15) is 0 Å². The summed E-state index contributed by atoms with van der Waals surface area (Å²) in [7, 11) is 3.53. The van der Waals surface area contributed by atoms with Gasteiger partial charge in [-0.15, -0.1) is 0 Å². The minimum Gasteiger partial charge on any atom is -0.348 e. The minimum absolute atomic E-state index is 0.105. The second-order valence-electron chi connectivity index (χ2n) is 6.22. The van der Waals surface area contributed by atoms with Crippen LogP contribution in [0.3, 0.4) is 0 Å². The standard InChI is InChI=1S/C14H26N4O2/c1-16(2)12(19)11-17-7-9-18(10-8-17)13(20)14(15)5-3-4-6-14/h3-11,15H2,1-2H3. The molecule has 6 heteroatoms. The third kappa shape index (κ3) is 3.30. The zero-order valence-electron chi connectivity index (χ0n) is 12.6. The summed E-state index contributed by atoms with van der Waals surface area (Å²) in [6, 6.07) is 0. The fraction of sp³-hybridized carbons (Fsp3) is 0.857. The first-order valence-corrected chi connectivity index (χ1v) is 7.43. The highest BCUT2D eigenvalue weighted by Gasteiger charge is 2.40. The summed E-state index contributed by atoms with van der Waals surface area (Å²) in [5.41, 5.74) is 5.60. The Hall–Kier alpha value is -1.14. The van der Waals surface area contributed by atoms with Crippen LogP contribution in [0.2, 0.25) is 0 Å². The number of nitrogens with two attached hydrogens (primary N) is 1. The minimum atomic E-state index is -0.623. The Kier molecular flexibility index (Phi) is 4.65. The first-order valence-electron chi connectivity index (χ1n) is 7.43. The van der Waals surface area contributed by atoms with Crippen LogP contribution in [-0.4, -0.2) is 78.9 Å². The number of nitrogens with zero attached hydrogens (tertiary/aromatic N) is 3. The van der Waals surface area contributed by atoms with Gasteiger partial charge in [0.2, 0.25) is 11.8 Å². The molecule has 0 aromatic rings. The van der Waals surface area contributed by atoms with Crippen molar-refractivity contribution in [1.29, 1.82) is 0 Å². The molecule has 0 aromatic carbocycles. The molecule has 0 radical (unpaired) electrons. The van der Waals surface area contributed by atoms with Crippen molar-refractivity contribution in [2.45, 2.75) is 31.2 Å². The molecule has 20 heavy (non-hydrogen) atoms. The van der Waals surface area contributed by atoms with E-state index in [-0.39, 0.29) is 11.8 Å². The summed E-state index contributed by atoms with van der Waals surface area (Å²) in [6.45, 7) is 3.29. The summed E-state index contributed by atoms with van der Waals surface area (Å²) in [5, 5.41) is 0. The van der Waals surface area contributed by atoms with Gasteiger partial charge in [0, 0.05) is 40.3 Å². The summed E-state index contributed by atoms with van der Waals surface area (Å²) in [5.74, 6) is 0.212. The molecule has 1 heterocycles. The van der Waals surface area contributed by atoms with Gasteiger partial charge in [0.05, 0.1) is 12.1 Å². The fourth-order valence-electron chi connectivity index (χ4n) is 2.98. The zero-order valence-corrected chi connectivity index (χ0v) is 12.6. The van der Waals surface area contributed by atoms with Crippen molar-refractivity contribution in [3.63, 3.8) is 0 Å². The van der Waals surface area contributed by atoms with Crippen LogP contribution in [0, 0.1) is 0 Å². The average molecular weight is 282 g/mol. The third-order valence-electron chi connectivity index (χ3n) is 4.44. The fourth-order valence-corrected chi connectivity index (χ4v) is 2.98. The lowest BCUT2D eigenvalue weighted by Crippen LogP contribution is -2.59. The van der Waals surface area contributed by atoms with Crippen molar-refractivity contribution in [3.05, 3.63) is 0 Å². The van der Waals surface area contributed by atoms with Crippen molar-refractivity contribution in [1.82, 2.24) is 14.7 Å². The number of likely N-dealkylation sites (N-methyl/N-ethyl adjacent to an activating group) is 1. The van der Waals surface area contributed by atoms with E-state index >= 15 is 0 Å². The molecule has 114 valence electrons. The predicted molar refractivity (Wildman–Crippen MR) is 77.1 cm³/mol. The molecule has 1 aliphatic carbocycles. The van der Waals surface area contributed by atoms with E-state index in [0.717, 1.165) is 38.8 Å². The average Bonchev–Trinajstić information content (AvgIpc) is 2.87. The maximum atomic E-state index is 12.5. The van der Waals surface area contributed by atoms with Crippen LogP contribution in [0.15, 0.2) is 0 Å². The molecule has 2 fully saturated rings. The van der Waals surface area contributed by atoms with E-state index in [2.05, 4.69) is 4.90 Å². The van der Waals surface area contributed by atoms with Crippen LogP contribution in [-0.2, 0) is 9.59 Å². The van der Waals surface area contributed by atoms with E-state index in [9.17, 15) is 9.59 Å². The van der Waals surface area contributed by atoms with Crippen molar-refractivity contribution in [3.8, 4) is 0 Å². The molecule has 2 amide bonds. The number of rotatable bonds is 3. The van der Waals surface area contributed by atoms with Gasteiger partial charge >= 0.3 is 0 Å². The normalized spacial score (nSPS) is 22.9. The Morgan fingerprint density at radius 2 is 1.65 bits per heavy atom. The summed E-state index contributed by atoms with van der Waals surface area (Å²) in [4.78, 5) is 29.7. The van der Waals surface area contributed by atoms with E-state index < -0.39 is 5.54 Å². The Bertz CT molecular complexity index is 369. The number of hydrogen-bond donors (Lipinski definition) is 1. The van der Waals surface area contributed by atoms with Gasteiger partial charge in [-0.3, -0.25) is 14.5 Å². The Labute approximate surface area is 120 Å². The lowest BCUT2D eigenvalue weighted by molar-refractivity contribution is -0.139. The third-order valence-corrected chi connectivity index (χ3v) is 4.44. The molecule has 1 saturated heterocycles. The molecular weight excluding hydrogens is 256 g/mol. The van der Waals surface area contributed by atoms with E-state index in [4.69, 9.17) is 5.73 Å². The SMILES string of the molecule is CN(C)C(=O)CN1CCN(C(=O)C2(N)CCCC2)CC1. The van der Waals surface area contributed by atoms with Gasteiger partial charge in [0.15, 0.2) is 0 Å². The zero-order chi connectivity index (χ0) is 14.8.